The van der Waals surface area contributed by atoms with Crippen molar-refractivity contribution in [1.82, 2.24) is 0 Å². The van der Waals surface area contributed by atoms with Gasteiger partial charge in [-0.3, -0.25) is 9.59 Å². The van der Waals surface area contributed by atoms with E-state index in [9.17, 15) is 9.59 Å². The number of anilines is 2. The normalized spacial score (nSPS) is 13.5. The van der Waals surface area contributed by atoms with Gasteiger partial charge in [-0.1, -0.05) is 32.0 Å². The highest BCUT2D eigenvalue weighted by atomic mass is 16.2. The van der Waals surface area contributed by atoms with Crippen molar-refractivity contribution < 1.29 is 9.59 Å². The average molecular weight is 322 g/mol. The lowest BCUT2D eigenvalue weighted by Crippen LogP contribution is -2.38. The van der Waals surface area contributed by atoms with Gasteiger partial charge in [0.2, 0.25) is 5.91 Å². The first-order chi connectivity index (χ1) is 11.6. The van der Waals surface area contributed by atoms with E-state index >= 15 is 0 Å². The fourth-order valence-electron chi connectivity index (χ4n) is 3.01. The number of carbonyl (C=O) groups is 2. The summed E-state index contributed by atoms with van der Waals surface area (Å²) in [4.78, 5) is 26.5. The zero-order chi connectivity index (χ0) is 17.1. The predicted molar refractivity (Wildman–Crippen MR) is 96.3 cm³/mol. The Hall–Kier alpha value is -2.62. The molecule has 0 unspecified atom stereocenters. The van der Waals surface area contributed by atoms with Crippen molar-refractivity contribution in [2.24, 2.45) is 5.92 Å². The maximum Gasteiger partial charge on any atom is 0.255 e. The number of hydrogen-bond acceptors (Lipinski definition) is 2. The Bertz CT molecular complexity index is 753. The second kappa shape index (κ2) is 6.87. The van der Waals surface area contributed by atoms with Gasteiger partial charge in [0, 0.05) is 29.4 Å². The lowest BCUT2D eigenvalue weighted by atomic mass is 9.99. The zero-order valence-electron chi connectivity index (χ0n) is 14.1. The molecule has 0 spiro atoms. The van der Waals surface area contributed by atoms with Crippen molar-refractivity contribution in [2.45, 2.75) is 26.7 Å². The van der Waals surface area contributed by atoms with E-state index in [0.717, 1.165) is 36.3 Å². The third-order valence-electron chi connectivity index (χ3n) is 4.25. The molecule has 2 aromatic rings. The van der Waals surface area contributed by atoms with E-state index in [0.29, 0.717) is 5.56 Å². The summed E-state index contributed by atoms with van der Waals surface area (Å²) in [6.07, 6.45) is 1.87. The van der Waals surface area contributed by atoms with Gasteiger partial charge in [-0.2, -0.15) is 0 Å². The summed E-state index contributed by atoms with van der Waals surface area (Å²) in [5.41, 5.74) is 3.48. The lowest BCUT2D eigenvalue weighted by molar-refractivity contribution is -0.121. The molecule has 0 saturated carbocycles. The second-order valence-electron chi connectivity index (χ2n) is 6.41. The summed E-state index contributed by atoms with van der Waals surface area (Å²) < 4.78 is 0. The smallest absolute Gasteiger partial charge is 0.255 e. The molecule has 24 heavy (non-hydrogen) atoms. The highest BCUT2D eigenvalue weighted by molar-refractivity contribution is 6.04. The number of rotatable bonds is 3. The van der Waals surface area contributed by atoms with Crippen molar-refractivity contribution in [1.29, 1.82) is 0 Å². The van der Waals surface area contributed by atoms with Gasteiger partial charge in [-0.25, -0.2) is 0 Å². The number of aryl methyl sites for hydroxylation is 1. The van der Waals surface area contributed by atoms with Crippen molar-refractivity contribution in [2.75, 3.05) is 16.8 Å². The quantitative estimate of drug-likeness (QED) is 0.932. The van der Waals surface area contributed by atoms with Crippen LogP contribution in [-0.2, 0) is 11.2 Å². The van der Waals surface area contributed by atoms with Crippen LogP contribution in [0.1, 0.15) is 36.2 Å². The van der Waals surface area contributed by atoms with Crippen molar-refractivity contribution in [3.63, 3.8) is 0 Å². The predicted octanol–water partition coefficient (Wildman–Crippen LogP) is 3.87. The van der Waals surface area contributed by atoms with Gasteiger partial charge in [0.05, 0.1) is 0 Å². The third kappa shape index (κ3) is 3.32. The van der Waals surface area contributed by atoms with Crippen LogP contribution in [0.25, 0.3) is 0 Å². The maximum atomic E-state index is 12.4. The Morgan fingerprint density at radius 2 is 1.83 bits per heavy atom. The highest BCUT2D eigenvalue weighted by Gasteiger charge is 2.24. The molecule has 124 valence electrons. The van der Waals surface area contributed by atoms with Crippen LogP contribution in [0.15, 0.2) is 48.5 Å². The molecule has 0 saturated heterocycles. The number of carbonyl (C=O) groups excluding carboxylic acids is 2. The van der Waals surface area contributed by atoms with Crippen molar-refractivity contribution in [3.8, 4) is 0 Å². The van der Waals surface area contributed by atoms with Crippen LogP contribution in [0.2, 0.25) is 0 Å². The Morgan fingerprint density at radius 3 is 2.54 bits per heavy atom. The molecule has 0 bridgehead atoms. The Labute approximate surface area is 142 Å². The van der Waals surface area contributed by atoms with Gasteiger partial charge in [-0.15, -0.1) is 0 Å². The molecule has 4 nitrogen and oxygen atoms in total. The molecule has 1 heterocycles. The van der Waals surface area contributed by atoms with Crippen LogP contribution in [0.3, 0.4) is 0 Å². The first kappa shape index (κ1) is 16.2. The summed E-state index contributed by atoms with van der Waals surface area (Å²) in [5.74, 6) is 0.00639. The van der Waals surface area contributed by atoms with Gasteiger partial charge >= 0.3 is 0 Å². The summed E-state index contributed by atoms with van der Waals surface area (Å²) in [6.45, 7) is 4.61. The molecule has 1 aliphatic rings. The number of fused-ring (bicyclic) bond motifs is 1. The molecule has 0 radical (unpaired) electrons. The minimum absolute atomic E-state index is 0.0200. The molecule has 1 aliphatic heterocycles. The van der Waals surface area contributed by atoms with E-state index in [2.05, 4.69) is 5.32 Å². The van der Waals surface area contributed by atoms with Crippen LogP contribution in [-0.4, -0.2) is 18.4 Å². The van der Waals surface area contributed by atoms with Crippen molar-refractivity contribution in [3.05, 3.63) is 59.7 Å². The second-order valence-corrected chi connectivity index (χ2v) is 6.41. The SMILES string of the molecule is CC(C)C(=O)N1CCCc2cc(NC(=O)c3ccccc3)ccc21. The van der Waals surface area contributed by atoms with E-state index in [1.807, 2.05) is 55.1 Å². The highest BCUT2D eigenvalue weighted by Crippen LogP contribution is 2.30. The van der Waals surface area contributed by atoms with Gasteiger partial charge < -0.3 is 10.2 Å². The van der Waals surface area contributed by atoms with E-state index < -0.39 is 0 Å². The topological polar surface area (TPSA) is 49.4 Å². The largest absolute Gasteiger partial charge is 0.322 e. The molecular formula is C20H22N2O2. The van der Waals surface area contributed by atoms with E-state index in [4.69, 9.17) is 0 Å². The summed E-state index contributed by atoms with van der Waals surface area (Å²) in [5, 5.41) is 2.93. The van der Waals surface area contributed by atoms with Gasteiger partial charge in [-0.05, 0) is 48.7 Å². The molecule has 4 heteroatoms. The van der Waals surface area contributed by atoms with Crippen LogP contribution in [0.5, 0.6) is 0 Å². The first-order valence-electron chi connectivity index (χ1n) is 8.37. The van der Waals surface area contributed by atoms with Crippen LogP contribution in [0, 0.1) is 5.92 Å². The summed E-state index contributed by atoms with van der Waals surface area (Å²) in [7, 11) is 0. The monoisotopic (exact) mass is 322 g/mol. The molecule has 0 aromatic heterocycles. The van der Waals surface area contributed by atoms with Gasteiger partial charge in [0.25, 0.3) is 5.91 Å². The number of nitrogens with zero attached hydrogens (tertiary/aromatic N) is 1. The minimum Gasteiger partial charge on any atom is -0.322 e. The number of nitrogens with one attached hydrogen (secondary N) is 1. The minimum atomic E-state index is -0.124. The Morgan fingerprint density at radius 1 is 1.08 bits per heavy atom. The molecule has 2 amide bonds. The van der Waals surface area contributed by atoms with Crippen LogP contribution >= 0.6 is 0 Å². The molecule has 1 N–H and O–H groups in total. The zero-order valence-corrected chi connectivity index (χ0v) is 14.1. The fraction of sp³-hybridized carbons (Fsp3) is 0.300. The summed E-state index contributed by atoms with van der Waals surface area (Å²) >= 11 is 0. The average Bonchev–Trinajstić information content (AvgIpc) is 2.61. The van der Waals surface area contributed by atoms with E-state index in [1.54, 1.807) is 12.1 Å². The first-order valence-corrected chi connectivity index (χ1v) is 8.37. The van der Waals surface area contributed by atoms with Gasteiger partial charge in [0.15, 0.2) is 0 Å². The number of amides is 2. The standard InChI is InChI=1S/C20H22N2O2/c1-14(2)20(24)22-12-6-9-16-13-17(10-11-18(16)22)21-19(23)15-7-4-3-5-8-15/h3-5,7-8,10-11,13-14H,6,9,12H2,1-2H3,(H,21,23). The summed E-state index contributed by atoms with van der Waals surface area (Å²) in [6, 6.07) is 14.9. The molecule has 0 atom stereocenters. The molecule has 0 fully saturated rings. The fourth-order valence-corrected chi connectivity index (χ4v) is 3.01. The lowest BCUT2D eigenvalue weighted by Gasteiger charge is -2.31. The molecule has 2 aromatic carbocycles. The molecule has 3 rings (SSSR count). The van der Waals surface area contributed by atoms with Crippen LogP contribution in [0.4, 0.5) is 11.4 Å². The van der Waals surface area contributed by atoms with E-state index in [-0.39, 0.29) is 17.7 Å². The van der Waals surface area contributed by atoms with Crippen molar-refractivity contribution >= 4 is 23.2 Å². The molecular weight excluding hydrogens is 300 g/mol. The van der Waals surface area contributed by atoms with E-state index in [1.165, 1.54) is 0 Å². The van der Waals surface area contributed by atoms with Crippen LogP contribution < -0.4 is 10.2 Å². The molecule has 0 aliphatic carbocycles. The maximum absolute atomic E-state index is 12.4. The third-order valence-corrected chi connectivity index (χ3v) is 4.25. The Kier molecular flexibility index (Phi) is 4.65. The number of hydrogen-bond donors (Lipinski definition) is 1. The number of benzene rings is 2. The Balaban J connectivity index is 1.81. The van der Waals surface area contributed by atoms with Gasteiger partial charge in [0.1, 0.15) is 0 Å².